The summed E-state index contributed by atoms with van der Waals surface area (Å²) < 4.78 is 1.05. The van der Waals surface area contributed by atoms with Crippen LogP contribution in [0.15, 0.2) is 53.0 Å². The van der Waals surface area contributed by atoms with Crippen LogP contribution in [0.1, 0.15) is 49.3 Å². The van der Waals surface area contributed by atoms with E-state index >= 15 is 0 Å². The zero-order valence-corrected chi connectivity index (χ0v) is 16.8. The molecular formula is C22H23BrN2O2. The zero-order chi connectivity index (χ0) is 19.0. The first-order valence-electron chi connectivity index (χ1n) is 9.48. The van der Waals surface area contributed by atoms with Crippen molar-refractivity contribution in [2.75, 3.05) is 5.32 Å². The Balaban J connectivity index is 1.31. The number of nitrogens with one attached hydrogen (secondary N) is 2. The monoisotopic (exact) mass is 426 g/mol. The summed E-state index contributed by atoms with van der Waals surface area (Å²) in [5.41, 5.74) is 3.06. The molecule has 2 aromatic carbocycles. The van der Waals surface area contributed by atoms with Gasteiger partial charge in [-0.05, 0) is 67.5 Å². The average molecular weight is 427 g/mol. The highest BCUT2D eigenvalue weighted by molar-refractivity contribution is 9.10. The van der Waals surface area contributed by atoms with E-state index < -0.39 is 0 Å². The summed E-state index contributed by atoms with van der Waals surface area (Å²) in [6, 6.07) is 15.9. The third-order valence-electron chi connectivity index (χ3n) is 5.39. The molecule has 0 saturated heterocycles. The van der Waals surface area contributed by atoms with Gasteiger partial charge in [-0.1, -0.05) is 40.2 Å². The average Bonchev–Trinajstić information content (AvgIpc) is 3.55. The van der Waals surface area contributed by atoms with Gasteiger partial charge in [0.2, 0.25) is 11.8 Å². The molecule has 0 radical (unpaired) electrons. The van der Waals surface area contributed by atoms with Gasteiger partial charge < -0.3 is 10.6 Å². The largest absolute Gasteiger partial charge is 0.349 e. The first kappa shape index (κ1) is 18.2. The van der Waals surface area contributed by atoms with Crippen LogP contribution in [0.4, 0.5) is 5.69 Å². The van der Waals surface area contributed by atoms with Gasteiger partial charge in [-0.3, -0.25) is 9.59 Å². The summed E-state index contributed by atoms with van der Waals surface area (Å²) in [6.45, 7) is 1.99. The molecule has 2 aliphatic carbocycles. The predicted molar refractivity (Wildman–Crippen MR) is 109 cm³/mol. The fourth-order valence-corrected chi connectivity index (χ4v) is 3.86. The third-order valence-corrected chi connectivity index (χ3v) is 5.88. The van der Waals surface area contributed by atoms with Crippen LogP contribution in [-0.2, 0) is 9.59 Å². The minimum Gasteiger partial charge on any atom is -0.349 e. The molecule has 0 bridgehead atoms. The van der Waals surface area contributed by atoms with Crippen LogP contribution in [0, 0.1) is 11.8 Å². The molecule has 2 aliphatic rings. The van der Waals surface area contributed by atoms with Gasteiger partial charge in [0.15, 0.2) is 0 Å². The number of amides is 2. The van der Waals surface area contributed by atoms with Gasteiger partial charge in [0, 0.05) is 22.0 Å². The van der Waals surface area contributed by atoms with E-state index in [9.17, 15) is 9.59 Å². The van der Waals surface area contributed by atoms with Gasteiger partial charge >= 0.3 is 0 Å². The lowest BCUT2D eigenvalue weighted by atomic mass is 10.1. The van der Waals surface area contributed by atoms with E-state index in [1.54, 1.807) is 0 Å². The molecule has 5 heteroatoms. The van der Waals surface area contributed by atoms with Crippen LogP contribution >= 0.6 is 15.9 Å². The summed E-state index contributed by atoms with van der Waals surface area (Å²) >= 11 is 3.49. The van der Waals surface area contributed by atoms with Crippen molar-refractivity contribution in [1.29, 1.82) is 0 Å². The molecule has 0 heterocycles. The molecule has 3 unspecified atom stereocenters. The Morgan fingerprint density at radius 2 is 1.81 bits per heavy atom. The molecule has 2 amide bonds. The number of rotatable bonds is 6. The molecule has 140 valence electrons. The maximum Gasteiger partial charge on any atom is 0.227 e. The second-order valence-corrected chi connectivity index (χ2v) is 8.54. The van der Waals surface area contributed by atoms with Crippen LogP contribution in [0.3, 0.4) is 0 Å². The number of carbonyl (C=O) groups excluding carboxylic acids is 2. The van der Waals surface area contributed by atoms with Crippen LogP contribution in [0.2, 0.25) is 0 Å². The Hall–Kier alpha value is -2.14. The standard InChI is InChI=1S/C22H23BrN2O2/c1-13(14-7-9-18(10-8-14)25-21(26)15-5-6-15)24-22(27)20-12-19(20)16-3-2-4-17(23)11-16/h2-4,7-11,13,15,19-20H,5-6,12H2,1H3,(H,24,27)(H,25,26). The lowest BCUT2D eigenvalue weighted by molar-refractivity contribution is -0.123. The highest BCUT2D eigenvalue weighted by Crippen LogP contribution is 2.48. The Morgan fingerprint density at radius 3 is 2.48 bits per heavy atom. The molecule has 0 spiro atoms. The van der Waals surface area contributed by atoms with Gasteiger partial charge in [-0.15, -0.1) is 0 Å². The molecule has 27 heavy (non-hydrogen) atoms. The number of hydrogen-bond donors (Lipinski definition) is 2. The Bertz CT molecular complexity index is 861. The van der Waals surface area contributed by atoms with E-state index in [2.05, 4.69) is 38.7 Å². The molecular weight excluding hydrogens is 404 g/mol. The number of carbonyl (C=O) groups is 2. The summed E-state index contributed by atoms with van der Waals surface area (Å²) in [4.78, 5) is 24.4. The normalized spacial score (nSPS) is 22.0. The lowest BCUT2D eigenvalue weighted by Gasteiger charge is -2.15. The van der Waals surface area contributed by atoms with Gasteiger partial charge in [-0.25, -0.2) is 0 Å². The number of anilines is 1. The quantitative estimate of drug-likeness (QED) is 0.697. The zero-order valence-electron chi connectivity index (χ0n) is 15.2. The molecule has 2 saturated carbocycles. The second kappa shape index (κ2) is 7.47. The minimum atomic E-state index is -0.0607. The Labute approximate surface area is 167 Å². The van der Waals surface area contributed by atoms with Crippen molar-refractivity contribution in [3.8, 4) is 0 Å². The molecule has 2 aromatic rings. The van der Waals surface area contributed by atoms with Crippen LogP contribution in [0.5, 0.6) is 0 Å². The van der Waals surface area contributed by atoms with E-state index in [-0.39, 0.29) is 29.7 Å². The van der Waals surface area contributed by atoms with Gasteiger partial charge in [0.1, 0.15) is 0 Å². The maximum atomic E-state index is 12.6. The second-order valence-electron chi connectivity index (χ2n) is 7.62. The van der Waals surface area contributed by atoms with Crippen molar-refractivity contribution < 1.29 is 9.59 Å². The van der Waals surface area contributed by atoms with Crippen LogP contribution in [0.25, 0.3) is 0 Å². The highest BCUT2D eigenvalue weighted by Gasteiger charge is 2.44. The van der Waals surface area contributed by atoms with Crippen molar-refractivity contribution >= 4 is 33.4 Å². The van der Waals surface area contributed by atoms with Gasteiger partial charge in [0.25, 0.3) is 0 Å². The van der Waals surface area contributed by atoms with Crippen LogP contribution < -0.4 is 10.6 Å². The van der Waals surface area contributed by atoms with E-state index in [0.717, 1.165) is 35.0 Å². The SMILES string of the molecule is CC(NC(=O)C1CC1c1cccc(Br)c1)c1ccc(NC(=O)C2CC2)cc1. The molecule has 3 atom stereocenters. The van der Waals surface area contributed by atoms with E-state index in [4.69, 9.17) is 0 Å². The van der Waals surface area contributed by atoms with Crippen LogP contribution in [-0.4, -0.2) is 11.8 Å². The fourth-order valence-electron chi connectivity index (χ4n) is 3.44. The molecule has 2 N–H and O–H groups in total. The van der Waals surface area contributed by atoms with Crippen molar-refractivity contribution in [2.24, 2.45) is 11.8 Å². The Kier molecular flexibility index (Phi) is 5.04. The highest BCUT2D eigenvalue weighted by atomic mass is 79.9. The van der Waals surface area contributed by atoms with Crippen molar-refractivity contribution in [3.05, 3.63) is 64.1 Å². The number of hydrogen-bond acceptors (Lipinski definition) is 2. The van der Waals surface area contributed by atoms with E-state index in [1.165, 1.54) is 5.56 Å². The summed E-state index contributed by atoms with van der Waals surface area (Å²) in [5, 5.41) is 6.06. The molecule has 4 nitrogen and oxygen atoms in total. The fraction of sp³-hybridized carbons (Fsp3) is 0.364. The van der Waals surface area contributed by atoms with Gasteiger partial charge in [0.05, 0.1) is 6.04 Å². The van der Waals surface area contributed by atoms with Crippen molar-refractivity contribution in [2.45, 2.75) is 38.1 Å². The summed E-state index contributed by atoms with van der Waals surface area (Å²) in [6.07, 6.45) is 2.89. The number of halogens is 1. The van der Waals surface area contributed by atoms with E-state index in [1.807, 2.05) is 43.3 Å². The smallest absolute Gasteiger partial charge is 0.227 e. The number of benzene rings is 2. The maximum absolute atomic E-state index is 12.6. The lowest BCUT2D eigenvalue weighted by Crippen LogP contribution is -2.28. The van der Waals surface area contributed by atoms with Gasteiger partial charge in [-0.2, -0.15) is 0 Å². The summed E-state index contributed by atoms with van der Waals surface area (Å²) in [7, 11) is 0. The molecule has 0 aliphatic heterocycles. The molecule has 2 fully saturated rings. The van der Waals surface area contributed by atoms with Crippen molar-refractivity contribution in [3.63, 3.8) is 0 Å². The minimum absolute atomic E-state index is 0.0545. The van der Waals surface area contributed by atoms with Crippen molar-refractivity contribution in [1.82, 2.24) is 5.32 Å². The first-order valence-corrected chi connectivity index (χ1v) is 10.3. The Morgan fingerprint density at radius 1 is 1.07 bits per heavy atom. The van der Waals surface area contributed by atoms with E-state index in [0.29, 0.717) is 5.92 Å². The molecule has 0 aromatic heterocycles. The third kappa shape index (κ3) is 4.41. The summed E-state index contributed by atoms with van der Waals surface area (Å²) in [5.74, 6) is 0.781. The predicted octanol–water partition coefficient (Wildman–Crippen LogP) is 4.78. The molecule has 4 rings (SSSR count). The first-order chi connectivity index (χ1) is 13.0. The topological polar surface area (TPSA) is 58.2 Å².